The van der Waals surface area contributed by atoms with Crippen molar-refractivity contribution < 1.29 is 4.79 Å². The molecule has 0 aromatic heterocycles. The number of hydrogen-bond acceptors (Lipinski definition) is 1. The van der Waals surface area contributed by atoms with Gasteiger partial charge >= 0.3 is 0 Å². The van der Waals surface area contributed by atoms with Crippen molar-refractivity contribution >= 4 is 5.78 Å². The van der Waals surface area contributed by atoms with Gasteiger partial charge in [-0.25, -0.2) is 0 Å². The highest BCUT2D eigenvalue weighted by molar-refractivity contribution is 5.84. The first kappa shape index (κ1) is 12.2. The van der Waals surface area contributed by atoms with Crippen molar-refractivity contribution in [1.82, 2.24) is 0 Å². The fraction of sp³-hybridized carbons (Fsp3) is 0.643. The summed E-state index contributed by atoms with van der Waals surface area (Å²) in [5.41, 5.74) is -0.178. The van der Waals surface area contributed by atoms with Gasteiger partial charge in [-0.15, -0.1) is 0 Å². The van der Waals surface area contributed by atoms with Crippen molar-refractivity contribution in [2.75, 3.05) is 0 Å². The quantitative estimate of drug-likeness (QED) is 0.599. The third-order valence-corrected chi connectivity index (χ3v) is 3.32. The number of Topliss-reactive ketones (excluding diaryl/α,β-unsaturated/α-hetero) is 1. The SMILES string of the molecule is CCCCCCC1(C(C)=O)C=CC=CC1. The molecule has 1 nitrogen and oxygen atoms in total. The first-order valence-corrected chi connectivity index (χ1v) is 6.07. The lowest BCUT2D eigenvalue weighted by Gasteiger charge is -2.28. The summed E-state index contributed by atoms with van der Waals surface area (Å²) in [6, 6.07) is 0. The van der Waals surface area contributed by atoms with Crippen LogP contribution < -0.4 is 0 Å². The molecule has 1 rings (SSSR count). The summed E-state index contributed by atoms with van der Waals surface area (Å²) in [4.78, 5) is 11.7. The Hall–Kier alpha value is -0.850. The summed E-state index contributed by atoms with van der Waals surface area (Å²) in [6.45, 7) is 3.94. The van der Waals surface area contributed by atoms with Crippen LogP contribution in [-0.2, 0) is 4.79 Å². The maximum absolute atomic E-state index is 11.7. The molecular formula is C14H22O. The van der Waals surface area contributed by atoms with E-state index in [4.69, 9.17) is 0 Å². The predicted octanol–water partition coefficient (Wildman–Crippen LogP) is 4.05. The minimum atomic E-state index is -0.178. The van der Waals surface area contributed by atoms with Crippen LogP contribution in [0.25, 0.3) is 0 Å². The maximum Gasteiger partial charge on any atom is 0.140 e. The summed E-state index contributed by atoms with van der Waals surface area (Å²) < 4.78 is 0. The smallest absolute Gasteiger partial charge is 0.140 e. The molecule has 84 valence electrons. The molecule has 0 aliphatic heterocycles. The molecule has 0 spiro atoms. The molecule has 0 amide bonds. The fourth-order valence-electron chi connectivity index (χ4n) is 2.15. The van der Waals surface area contributed by atoms with E-state index in [1.165, 1.54) is 25.7 Å². The second-order valence-electron chi connectivity index (χ2n) is 4.51. The van der Waals surface area contributed by atoms with E-state index < -0.39 is 0 Å². The number of carbonyl (C=O) groups is 1. The molecule has 0 saturated carbocycles. The first-order chi connectivity index (χ1) is 7.21. The number of ketones is 1. The Balaban J connectivity index is 2.48. The van der Waals surface area contributed by atoms with Crippen molar-refractivity contribution in [3.8, 4) is 0 Å². The Kier molecular flexibility index (Phi) is 4.80. The van der Waals surface area contributed by atoms with Gasteiger partial charge in [0.25, 0.3) is 0 Å². The Morgan fingerprint density at radius 3 is 2.60 bits per heavy atom. The molecule has 1 atom stereocenters. The molecule has 0 radical (unpaired) electrons. The van der Waals surface area contributed by atoms with E-state index in [-0.39, 0.29) is 5.41 Å². The number of carbonyl (C=O) groups excluding carboxylic acids is 1. The minimum Gasteiger partial charge on any atom is -0.299 e. The number of unbranched alkanes of at least 4 members (excludes halogenated alkanes) is 3. The van der Waals surface area contributed by atoms with E-state index in [0.717, 1.165) is 12.8 Å². The molecule has 0 saturated heterocycles. The monoisotopic (exact) mass is 206 g/mol. The molecule has 0 N–H and O–H groups in total. The first-order valence-electron chi connectivity index (χ1n) is 6.07. The topological polar surface area (TPSA) is 17.1 Å². The summed E-state index contributed by atoms with van der Waals surface area (Å²) in [7, 11) is 0. The van der Waals surface area contributed by atoms with Crippen LogP contribution in [-0.4, -0.2) is 5.78 Å². The van der Waals surface area contributed by atoms with E-state index in [2.05, 4.69) is 19.1 Å². The van der Waals surface area contributed by atoms with Gasteiger partial charge in [0.15, 0.2) is 0 Å². The molecule has 1 aliphatic rings. The van der Waals surface area contributed by atoms with Gasteiger partial charge in [0.1, 0.15) is 5.78 Å². The van der Waals surface area contributed by atoms with Crippen LogP contribution in [0, 0.1) is 5.41 Å². The Morgan fingerprint density at radius 2 is 2.07 bits per heavy atom. The fourth-order valence-corrected chi connectivity index (χ4v) is 2.15. The van der Waals surface area contributed by atoms with Gasteiger partial charge in [-0.05, 0) is 19.8 Å². The molecule has 1 aliphatic carbocycles. The summed E-state index contributed by atoms with van der Waals surface area (Å²) in [5, 5.41) is 0. The summed E-state index contributed by atoms with van der Waals surface area (Å²) in [5.74, 6) is 0.319. The summed E-state index contributed by atoms with van der Waals surface area (Å²) >= 11 is 0. The van der Waals surface area contributed by atoms with Crippen molar-refractivity contribution in [3.63, 3.8) is 0 Å². The normalized spacial score (nSPS) is 24.4. The van der Waals surface area contributed by atoms with Gasteiger partial charge < -0.3 is 0 Å². The van der Waals surface area contributed by atoms with E-state index in [9.17, 15) is 4.79 Å². The van der Waals surface area contributed by atoms with E-state index >= 15 is 0 Å². The molecule has 15 heavy (non-hydrogen) atoms. The largest absolute Gasteiger partial charge is 0.299 e. The van der Waals surface area contributed by atoms with Gasteiger partial charge in [0.2, 0.25) is 0 Å². The van der Waals surface area contributed by atoms with Gasteiger partial charge in [0, 0.05) is 0 Å². The molecule has 0 aromatic rings. The van der Waals surface area contributed by atoms with Gasteiger partial charge in [-0.3, -0.25) is 4.79 Å². The number of hydrogen-bond donors (Lipinski definition) is 0. The van der Waals surface area contributed by atoms with Crippen LogP contribution >= 0.6 is 0 Å². The van der Waals surface area contributed by atoms with Crippen LogP contribution in [0.1, 0.15) is 52.4 Å². The standard InChI is InChI=1S/C14H22O/c1-3-4-5-7-10-14(13(2)15)11-8-6-9-12-14/h6,8-9,11H,3-5,7,10,12H2,1-2H3. The second-order valence-corrected chi connectivity index (χ2v) is 4.51. The van der Waals surface area contributed by atoms with Crippen LogP contribution in [0.3, 0.4) is 0 Å². The van der Waals surface area contributed by atoms with Gasteiger partial charge in [-0.1, -0.05) is 56.9 Å². The molecular weight excluding hydrogens is 184 g/mol. The lowest BCUT2D eigenvalue weighted by atomic mass is 9.74. The van der Waals surface area contributed by atoms with Crippen LogP contribution in [0.2, 0.25) is 0 Å². The average Bonchev–Trinajstić information content (AvgIpc) is 2.26. The van der Waals surface area contributed by atoms with Crippen LogP contribution in [0.4, 0.5) is 0 Å². The molecule has 0 fully saturated rings. The molecule has 0 bridgehead atoms. The lowest BCUT2D eigenvalue weighted by Crippen LogP contribution is -2.27. The van der Waals surface area contributed by atoms with Gasteiger partial charge in [0.05, 0.1) is 5.41 Å². The third-order valence-electron chi connectivity index (χ3n) is 3.32. The van der Waals surface area contributed by atoms with Crippen LogP contribution in [0.15, 0.2) is 24.3 Å². The van der Waals surface area contributed by atoms with Crippen LogP contribution in [0.5, 0.6) is 0 Å². The van der Waals surface area contributed by atoms with E-state index in [1.54, 1.807) is 6.92 Å². The summed E-state index contributed by atoms with van der Waals surface area (Å²) in [6.07, 6.45) is 15.1. The molecule has 0 aromatic carbocycles. The third kappa shape index (κ3) is 3.33. The zero-order chi connectivity index (χ0) is 11.1. The second kappa shape index (κ2) is 5.89. The zero-order valence-corrected chi connectivity index (χ0v) is 9.96. The molecule has 0 heterocycles. The maximum atomic E-state index is 11.7. The Bertz CT molecular complexity index is 263. The van der Waals surface area contributed by atoms with Gasteiger partial charge in [-0.2, -0.15) is 0 Å². The zero-order valence-electron chi connectivity index (χ0n) is 9.96. The van der Waals surface area contributed by atoms with Crippen molar-refractivity contribution in [2.24, 2.45) is 5.41 Å². The molecule has 1 unspecified atom stereocenters. The number of rotatable bonds is 6. The number of allylic oxidation sites excluding steroid dienone is 4. The minimum absolute atomic E-state index is 0.178. The highest BCUT2D eigenvalue weighted by atomic mass is 16.1. The highest BCUT2D eigenvalue weighted by Crippen LogP contribution is 2.34. The Morgan fingerprint density at radius 1 is 1.27 bits per heavy atom. The Labute approximate surface area is 93.3 Å². The van der Waals surface area contributed by atoms with E-state index in [0.29, 0.717) is 5.78 Å². The van der Waals surface area contributed by atoms with Crippen molar-refractivity contribution in [1.29, 1.82) is 0 Å². The lowest BCUT2D eigenvalue weighted by molar-refractivity contribution is -0.124. The van der Waals surface area contributed by atoms with Crippen molar-refractivity contribution in [2.45, 2.75) is 52.4 Å². The average molecular weight is 206 g/mol. The molecule has 1 heteroatoms. The van der Waals surface area contributed by atoms with Crippen molar-refractivity contribution in [3.05, 3.63) is 24.3 Å². The van der Waals surface area contributed by atoms with E-state index in [1.807, 2.05) is 12.2 Å². The predicted molar refractivity (Wildman–Crippen MR) is 64.8 cm³/mol. The highest BCUT2D eigenvalue weighted by Gasteiger charge is 2.31.